The van der Waals surface area contributed by atoms with E-state index < -0.39 is 0 Å². The van der Waals surface area contributed by atoms with E-state index in [-0.39, 0.29) is 0 Å². The van der Waals surface area contributed by atoms with Crippen LogP contribution in [0, 0.1) is 6.92 Å². The van der Waals surface area contributed by atoms with Gasteiger partial charge in [-0.25, -0.2) is 0 Å². The third kappa shape index (κ3) is 2.65. The summed E-state index contributed by atoms with van der Waals surface area (Å²) in [5.74, 6) is 0.646. The average molecular weight is 201 g/mol. The van der Waals surface area contributed by atoms with E-state index in [1.165, 1.54) is 15.3 Å². The molecule has 1 heterocycles. The summed E-state index contributed by atoms with van der Waals surface area (Å²) in [6.07, 6.45) is 3.23. The number of hydrogen-bond acceptors (Lipinski definition) is 1. The van der Waals surface area contributed by atoms with Gasteiger partial charge in [0.2, 0.25) is 0 Å². The van der Waals surface area contributed by atoms with E-state index in [4.69, 9.17) is 11.6 Å². The molecule has 0 spiro atoms. The molecule has 0 aromatic carbocycles. The fourth-order valence-corrected chi connectivity index (χ4v) is 2.10. The van der Waals surface area contributed by atoms with Crippen molar-refractivity contribution in [3.63, 3.8) is 0 Å². The molecule has 0 aliphatic heterocycles. The first kappa shape index (κ1) is 9.82. The van der Waals surface area contributed by atoms with Crippen molar-refractivity contribution in [2.75, 3.05) is 5.88 Å². The van der Waals surface area contributed by atoms with Crippen molar-refractivity contribution in [2.24, 2.45) is 0 Å². The zero-order valence-electron chi connectivity index (χ0n) is 7.43. The molecule has 0 saturated heterocycles. The first-order valence-corrected chi connectivity index (χ1v) is 5.43. The van der Waals surface area contributed by atoms with Crippen LogP contribution in [0.1, 0.15) is 23.1 Å². The maximum Gasteiger partial charge on any atom is 0.0437 e. The van der Waals surface area contributed by atoms with Gasteiger partial charge in [-0.3, -0.25) is 0 Å². The first-order valence-electron chi connectivity index (χ1n) is 4.08. The monoisotopic (exact) mass is 200 g/mol. The number of thiophene rings is 1. The number of aryl methyl sites for hydroxylation is 1. The minimum absolute atomic E-state index is 0.646. The molecule has 0 amide bonds. The van der Waals surface area contributed by atoms with Gasteiger partial charge >= 0.3 is 0 Å². The topological polar surface area (TPSA) is 0 Å². The van der Waals surface area contributed by atoms with Crippen LogP contribution in [0.2, 0.25) is 0 Å². The van der Waals surface area contributed by atoms with E-state index in [1.807, 2.05) is 11.3 Å². The van der Waals surface area contributed by atoms with Crippen LogP contribution >= 0.6 is 22.9 Å². The van der Waals surface area contributed by atoms with E-state index >= 15 is 0 Å². The Kier molecular flexibility index (Phi) is 3.83. The number of rotatable bonds is 3. The highest BCUT2D eigenvalue weighted by atomic mass is 35.5. The first-order chi connectivity index (χ1) is 5.76. The van der Waals surface area contributed by atoms with Gasteiger partial charge in [-0.05, 0) is 31.6 Å². The summed E-state index contributed by atoms with van der Waals surface area (Å²) < 4.78 is 0. The number of hydrogen-bond donors (Lipinski definition) is 0. The summed E-state index contributed by atoms with van der Waals surface area (Å²) in [5.41, 5.74) is 1.30. The van der Waals surface area contributed by atoms with E-state index in [9.17, 15) is 0 Å². The summed E-state index contributed by atoms with van der Waals surface area (Å²) in [6, 6.07) is 4.28. The van der Waals surface area contributed by atoms with Crippen LogP contribution in [-0.4, -0.2) is 5.88 Å². The van der Waals surface area contributed by atoms with Gasteiger partial charge in [-0.2, -0.15) is 0 Å². The second-order valence-electron chi connectivity index (χ2n) is 2.74. The van der Waals surface area contributed by atoms with Crippen molar-refractivity contribution in [3.05, 3.63) is 27.5 Å². The molecule has 0 aliphatic carbocycles. The molecule has 0 nitrogen and oxygen atoms in total. The van der Waals surface area contributed by atoms with Gasteiger partial charge in [0.15, 0.2) is 0 Å². The van der Waals surface area contributed by atoms with Crippen molar-refractivity contribution in [1.82, 2.24) is 0 Å². The van der Waals surface area contributed by atoms with Gasteiger partial charge in [0.05, 0.1) is 0 Å². The van der Waals surface area contributed by atoms with Crippen LogP contribution in [0.3, 0.4) is 0 Å². The Hall–Kier alpha value is -0.270. The van der Waals surface area contributed by atoms with Crippen LogP contribution in [-0.2, 0) is 0 Å². The fraction of sp³-hybridized carbons (Fsp3) is 0.400. The molecule has 0 N–H and O–H groups in total. The highest BCUT2D eigenvalue weighted by molar-refractivity contribution is 7.12. The number of alkyl halides is 1. The molecule has 0 bridgehead atoms. The second-order valence-corrected chi connectivity index (χ2v) is 4.32. The Bertz CT molecular complexity index is 267. The van der Waals surface area contributed by atoms with E-state index in [0.717, 1.165) is 6.42 Å². The Labute approximate surface area is 82.9 Å². The van der Waals surface area contributed by atoms with Gasteiger partial charge in [0.25, 0.3) is 0 Å². The molecule has 1 aromatic rings. The minimum atomic E-state index is 0.646. The lowest BCUT2D eigenvalue weighted by molar-refractivity contribution is 1.12. The summed E-state index contributed by atoms with van der Waals surface area (Å²) in [7, 11) is 0. The molecule has 0 atom stereocenters. The Morgan fingerprint density at radius 1 is 1.58 bits per heavy atom. The quantitative estimate of drug-likeness (QED) is 0.645. The van der Waals surface area contributed by atoms with E-state index in [1.54, 1.807) is 0 Å². The van der Waals surface area contributed by atoms with Crippen LogP contribution in [0.15, 0.2) is 17.7 Å². The van der Waals surface area contributed by atoms with Crippen molar-refractivity contribution < 1.29 is 0 Å². The minimum Gasteiger partial charge on any atom is -0.141 e. The van der Waals surface area contributed by atoms with Crippen LogP contribution in [0.5, 0.6) is 0 Å². The lowest BCUT2D eigenvalue weighted by Gasteiger charge is -1.95. The molecule has 0 aliphatic rings. The third-order valence-corrected chi connectivity index (χ3v) is 3.02. The summed E-state index contributed by atoms with van der Waals surface area (Å²) in [4.78, 5) is 2.66. The van der Waals surface area contributed by atoms with Crippen molar-refractivity contribution >= 4 is 29.0 Å². The third-order valence-electron chi connectivity index (χ3n) is 1.73. The SMILES string of the molecule is CCC(=Cc1ccc(C)s1)CCl. The zero-order valence-corrected chi connectivity index (χ0v) is 9.00. The molecule has 1 rings (SSSR count). The van der Waals surface area contributed by atoms with Crippen molar-refractivity contribution in [1.29, 1.82) is 0 Å². The second kappa shape index (κ2) is 4.68. The van der Waals surface area contributed by atoms with Crippen LogP contribution < -0.4 is 0 Å². The van der Waals surface area contributed by atoms with Gasteiger partial charge < -0.3 is 0 Å². The summed E-state index contributed by atoms with van der Waals surface area (Å²) in [6.45, 7) is 4.25. The maximum absolute atomic E-state index is 5.76. The molecule has 2 heteroatoms. The number of halogens is 1. The van der Waals surface area contributed by atoms with Gasteiger partial charge in [-0.1, -0.05) is 12.5 Å². The lowest BCUT2D eigenvalue weighted by Crippen LogP contribution is -1.79. The smallest absolute Gasteiger partial charge is 0.0437 e. The molecule has 0 unspecified atom stereocenters. The maximum atomic E-state index is 5.76. The lowest BCUT2D eigenvalue weighted by atomic mass is 10.2. The average Bonchev–Trinajstić information content (AvgIpc) is 2.47. The van der Waals surface area contributed by atoms with Gasteiger partial charge in [-0.15, -0.1) is 22.9 Å². The van der Waals surface area contributed by atoms with Crippen LogP contribution in [0.25, 0.3) is 6.08 Å². The molecular formula is C10H13ClS. The van der Waals surface area contributed by atoms with Gasteiger partial charge in [0, 0.05) is 15.6 Å². The van der Waals surface area contributed by atoms with E-state index in [2.05, 4.69) is 32.1 Å². The fourth-order valence-electron chi connectivity index (χ4n) is 0.967. The predicted octanol–water partition coefficient (Wildman–Crippen LogP) is 4.09. The van der Waals surface area contributed by atoms with Crippen molar-refractivity contribution in [3.8, 4) is 0 Å². The zero-order chi connectivity index (χ0) is 8.97. The van der Waals surface area contributed by atoms with Crippen molar-refractivity contribution in [2.45, 2.75) is 20.3 Å². The number of allylic oxidation sites excluding steroid dienone is 1. The molecule has 0 radical (unpaired) electrons. The Morgan fingerprint density at radius 3 is 2.75 bits per heavy atom. The highest BCUT2D eigenvalue weighted by Crippen LogP contribution is 2.19. The van der Waals surface area contributed by atoms with Crippen LogP contribution in [0.4, 0.5) is 0 Å². The van der Waals surface area contributed by atoms with E-state index in [0.29, 0.717) is 5.88 Å². The molecule has 1 aromatic heterocycles. The van der Waals surface area contributed by atoms with Gasteiger partial charge in [0.1, 0.15) is 0 Å². The highest BCUT2D eigenvalue weighted by Gasteiger charge is 1.95. The molecule has 0 saturated carbocycles. The Morgan fingerprint density at radius 2 is 2.33 bits per heavy atom. The molecular weight excluding hydrogens is 188 g/mol. The molecule has 0 fully saturated rings. The molecule has 66 valence electrons. The molecule has 12 heavy (non-hydrogen) atoms. The standard InChI is InChI=1S/C10H13ClS/c1-3-9(7-11)6-10-5-4-8(2)12-10/h4-6H,3,7H2,1-2H3. The normalized spacial score (nSPS) is 12.1. The Balaban J connectivity index is 2.78. The summed E-state index contributed by atoms with van der Waals surface area (Å²) in [5, 5.41) is 0. The predicted molar refractivity (Wildman–Crippen MR) is 58.0 cm³/mol. The largest absolute Gasteiger partial charge is 0.141 e. The summed E-state index contributed by atoms with van der Waals surface area (Å²) >= 11 is 7.57.